The predicted molar refractivity (Wildman–Crippen MR) is 75.7 cm³/mol. The van der Waals surface area contributed by atoms with Gasteiger partial charge in [-0.05, 0) is 30.3 Å². The fraction of sp³-hybridized carbons (Fsp3) is 0.133. The summed E-state index contributed by atoms with van der Waals surface area (Å²) < 4.78 is 18.9. The molecule has 0 bridgehead atoms. The Morgan fingerprint density at radius 2 is 1.95 bits per heavy atom. The van der Waals surface area contributed by atoms with Gasteiger partial charge in [0.15, 0.2) is 0 Å². The molecule has 0 heterocycles. The minimum absolute atomic E-state index is 0.0720. The second-order valence-electron chi connectivity index (χ2n) is 4.04. The van der Waals surface area contributed by atoms with Gasteiger partial charge < -0.3 is 10.1 Å². The fourth-order valence-electron chi connectivity index (χ4n) is 1.62. The summed E-state index contributed by atoms with van der Waals surface area (Å²) in [6.45, 7) is 0.581. The quantitative estimate of drug-likeness (QED) is 0.859. The Hall–Kier alpha value is -2.07. The van der Waals surface area contributed by atoms with Crippen molar-refractivity contribution in [2.75, 3.05) is 13.2 Å². The number of carbonyl (C=O) groups is 1. The molecule has 2 rings (SSSR count). The van der Waals surface area contributed by atoms with Gasteiger partial charge in [-0.3, -0.25) is 4.79 Å². The standard InChI is InChI=1S/C15H13ClFNO2/c16-11-6-7-14(17)13(10-11)15(19)18-8-9-20-12-4-2-1-3-5-12/h1-7,10H,8-9H2,(H,18,19). The first-order valence-electron chi connectivity index (χ1n) is 6.08. The number of ether oxygens (including phenoxy) is 1. The van der Waals surface area contributed by atoms with Crippen LogP contribution in [0.3, 0.4) is 0 Å². The molecule has 20 heavy (non-hydrogen) atoms. The molecule has 1 N–H and O–H groups in total. The average molecular weight is 294 g/mol. The Bertz CT molecular complexity index is 590. The highest BCUT2D eigenvalue weighted by atomic mass is 35.5. The van der Waals surface area contributed by atoms with Crippen molar-refractivity contribution in [1.82, 2.24) is 5.32 Å². The maximum Gasteiger partial charge on any atom is 0.254 e. The van der Waals surface area contributed by atoms with Crippen molar-refractivity contribution in [3.8, 4) is 5.75 Å². The van der Waals surface area contributed by atoms with Crippen LogP contribution in [0.25, 0.3) is 0 Å². The van der Waals surface area contributed by atoms with Gasteiger partial charge in [-0.1, -0.05) is 29.8 Å². The molecule has 0 saturated carbocycles. The summed E-state index contributed by atoms with van der Waals surface area (Å²) in [4.78, 5) is 11.8. The molecule has 5 heteroatoms. The van der Waals surface area contributed by atoms with Crippen molar-refractivity contribution in [3.05, 3.63) is 64.9 Å². The first kappa shape index (κ1) is 14.3. The molecule has 2 aromatic rings. The van der Waals surface area contributed by atoms with Gasteiger partial charge in [0.2, 0.25) is 0 Å². The molecular formula is C15H13ClFNO2. The van der Waals surface area contributed by atoms with Crippen LogP contribution in [0, 0.1) is 5.82 Å². The summed E-state index contributed by atoms with van der Waals surface area (Å²) in [5.41, 5.74) is -0.0720. The smallest absolute Gasteiger partial charge is 0.254 e. The molecule has 0 aliphatic heterocycles. The molecular weight excluding hydrogens is 281 g/mol. The van der Waals surface area contributed by atoms with E-state index in [2.05, 4.69) is 5.32 Å². The van der Waals surface area contributed by atoms with Crippen LogP contribution < -0.4 is 10.1 Å². The number of amides is 1. The third-order valence-corrected chi connectivity index (χ3v) is 2.81. The van der Waals surface area contributed by atoms with Crippen molar-refractivity contribution in [1.29, 1.82) is 0 Å². The largest absolute Gasteiger partial charge is 0.492 e. The molecule has 0 saturated heterocycles. The van der Waals surface area contributed by atoms with Crippen molar-refractivity contribution in [2.24, 2.45) is 0 Å². The molecule has 0 fully saturated rings. The third-order valence-electron chi connectivity index (χ3n) is 2.57. The zero-order valence-corrected chi connectivity index (χ0v) is 11.4. The summed E-state index contributed by atoms with van der Waals surface area (Å²) in [6, 6.07) is 13.1. The number of hydrogen-bond donors (Lipinski definition) is 1. The van der Waals surface area contributed by atoms with Crippen molar-refractivity contribution in [2.45, 2.75) is 0 Å². The normalized spacial score (nSPS) is 10.1. The van der Waals surface area contributed by atoms with E-state index in [1.807, 2.05) is 30.3 Å². The van der Waals surface area contributed by atoms with E-state index in [-0.39, 0.29) is 12.1 Å². The van der Waals surface area contributed by atoms with Crippen LogP contribution in [0.1, 0.15) is 10.4 Å². The highest BCUT2D eigenvalue weighted by Crippen LogP contribution is 2.14. The minimum atomic E-state index is -0.601. The van der Waals surface area contributed by atoms with Gasteiger partial charge in [0.05, 0.1) is 12.1 Å². The van der Waals surface area contributed by atoms with E-state index < -0.39 is 11.7 Å². The molecule has 3 nitrogen and oxygen atoms in total. The molecule has 0 aliphatic carbocycles. The van der Waals surface area contributed by atoms with Crippen LogP contribution in [0.15, 0.2) is 48.5 Å². The summed E-state index contributed by atoms with van der Waals surface area (Å²) in [5, 5.41) is 2.89. The summed E-state index contributed by atoms with van der Waals surface area (Å²) >= 11 is 5.73. The van der Waals surface area contributed by atoms with Crippen molar-refractivity contribution >= 4 is 17.5 Å². The zero-order valence-electron chi connectivity index (χ0n) is 10.6. The van der Waals surface area contributed by atoms with Gasteiger partial charge >= 0.3 is 0 Å². The Morgan fingerprint density at radius 3 is 2.70 bits per heavy atom. The van der Waals surface area contributed by atoms with Gasteiger partial charge in [-0.25, -0.2) is 4.39 Å². The van der Waals surface area contributed by atoms with E-state index in [1.165, 1.54) is 12.1 Å². The molecule has 0 spiro atoms. The molecule has 0 unspecified atom stereocenters. The van der Waals surface area contributed by atoms with Gasteiger partial charge in [-0.2, -0.15) is 0 Å². The Morgan fingerprint density at radius 1 is 1.20 bits per heavy atom. The van der Waals surface area contributed by atoms with Gasteiger partial charge in [0.25, 0.3) is 5.91 Å². The lowest BCUT2D eigenvalue weighted by Gasteiger charge is -2.08. The van der Waals surface area contributed by atoms with Crippen LogP contribution >= 0.6 is 11.6 Å². The lowest BCUT2D eigenvalue weighted by atomic mass is 10.2. The minimum Gasteiger partial charge on any atom is -0.492 e. The number of halogens is 2. The summed E-state index contributed by atoms with van der Waals surface area (Å²) in [6.07, 6.45) is 0. The lowest BCUT2D eigenvalue weighted by molar-refractivity contribution is 0.0943. The zero-order chi connectivity index (χ0) is 14.4. The molecule has 0 aromatic heterocycles. The monoisotopic (exact) mass is 293 g/mol. The Kier molecular flexibility index (Phi) is 4.96. The second-order valence-corrected chi connectivity index (χ2v) is 4.48. The van der Waals surface area contributed by atoms with Crippen molar-refractivity contribution < 1.29 is 13.9 Å². The number of nitrogens with one attached hydrogen (secondary N) is 1. The predicted octanol–water partition coefficient (Wildman–Crippen LogP) is 3.29. The Balaban J connectivity index is 1.82. The maximum absolute atomic E-state index is 13.4. The molecule has 104 valence electrons. The lowest BCUT2D eigenvalue weighted by Crippen LogP contribution is -2.28. The number of rotatable bonds is 5. The number of para-hydroxylation sites is 1. The molecule has 0 atom stereocenters. The first-order chi connectivity index (χ1) is 9.66. The van der Waals surface area contributed by atoms with E-state index in [0.717, 1.165) is 11.8 Å². The van der Waals surface area contributed by atoms with Crippen LogP contribution in [-0.4, -0.2) is 19.1 Å². The van der Waals surface area contributed by atoms with Crippen LogP contribution in [0.2, 0.25) is 5.02 Å². The number of benzene rings is 2. The van der Waals surface area contributed by atoms with E-state index in [1.54, 1.807) is 0 Å². The Labute approximate surface area is 121 Å². The number of hydrogen-bond acceptors (Lipinski definition) is 2. The van der Waals surface area contributed by atoms with E-state index in [4.69, 9.17) is 16.3 Å². The second kappa shape index (κ2) is 6.91. The molecule has 0 aliphatic rings. The summed E-state index contributed by atoms with van der Waals surface area (Å²) in [5.74, 6) is -0.395. The molecule has 0 radical (unpaired) electrons. The topological polar surface area (TPSA) is 38.3 Å². The number of carbonyl (C=O) groups excluding carboxylic acids is 1. The van der Waals surface area contributed by atoms with Crippen LogP contribution in [0.5, 0.6) is 5.75 Å². The van der Waals surface area contributed by atoms with Gasteiger partial charge in [0.1, 0.15) is 18.2 Å². The van der Waals surface area contributed by atoms with E-state index in [0.29, 0.717) is 11.6 Å². The van der Waals surface area contributed by atoms with Gasteiger partial charge in [0, 0.05) is 5.02 Å². The summed E-state index contributed by atoms with van der Waals surface area (Å²) in [7, 11) is 0. The first-order valence-corrected chi connectivity index (χ1v) is 6.46. The van der Waals surface area contributed by atoms with Crippen LogP contribution in [-0.2, 0) is 0 Å². The maximum atomic E-state index is 13.4. The molecule has 1 amide bonds. The molecule has 2 aromatic carbocycles. The van der Waals surface area contributed by atoms with Gasteiger partial charge in [-0.15, -0.1) is 0 Å². The third kappa shape index (κ3) is 3.96. The highest BCUT2D eigenvalue weighted by Gasteiger charge is 2.11. The average Bonchev–Trinajstić information content (AvgIpc) is 2.47. The van der Waals surface area contributed by atoms with Crippen molar-refractivity contribution in [3.63, 3.8) is 0 Å². The highest BCUT2D eigenvalue weighted by molar-refractivity contribution is 6.30. The van der Waals surface area contributed by atoms with Crippen LogP contribution in [0.4, 0.5) is 4.39 Å². The fourth-order valence-corrected chi connectivity index (χ4v) is 1.79. The van der Waals surface area contributed by atoms with E-state index >= 15 is 0 Å². The van der Waals surface area contributed by atoms with E-state index in [9.17, 15) is 9.18 Å². The SMILES string of the molecule is O=C(NCCOc1ccccc1)c1cc(Cl)ccc1F.